The molecule has 1 aromatic carbocycles. The minimum atomic E-state index is 0.741. The summed E-state index contributed by atoms with van der Waals surface area (Å²) < 4.78 is 0. The SMILES string of the molecule is [CH]=C/C=C/c1ccccc1Cl. The van der Waals surface area contributed by atoms with E-state index in [-0.39, 0.29) is 0 Å². The van der Waals surface area contributed by atoms with Crippen molar-refractivity contribution in [2.24, 2.45) is 0 Å². The number of benzene rings is 1. The van der Waals surface area contributed by atoms with Crippen molar-refractivity contribution in [2.75, 3.05) is 0 Å². The molecule has 0 aliphatic carbocycles. The minimum absolute atomic E-state index is 0.741. The van der Waals surface area contributed by atoms with E-state index in [1.54, 1.807) is 6.08 Å². The molecule has 0 heterocycles. The maximum absolute atomic E-state index is 5.85. The van der Waals surface area contributed by atoms with Crippen LogP contribution in [0, 0.1) is 6.58 Å². The fraction of sp³-hybridized carbons (Fsp3) is 0. The van der Waals surface area contributed by atoms with Crippen LogP contribution in [-0.4, -0.2) is 0 Å². The summed E-state index contributed by atoms with van der Waals surface area (Å²) in [5.74, 6) is 0. The van der Waals surface area contributed by atoms with E-state index in [1.165, 1.54) is 6.08 Å². The van der Waals surface area contributed by atoms with Gasteiger partial charge in [-0.1, -0.05) is 54.6 Å². The molecule has 11 heavy (non-hydrogen) atoms. The highest BCUT2D eigenvalue weighted by Gasteiger charge is 1.90. The molecule has 1 heteroatoms. The average molecular weight is 164 g/mol. The van der Waals surface area contributed by atoms with Gasteiger partial charge in [0.1, 0.15) is 0 Å². The molecule has 1 radical (unpaired) electrons. The molecule has 0 fully saturated rings. The van der Waals surface area contributed by atoms with Crippen molar-refractivity contribution in [1.82, 2.24) is 0 Å². The molecule has 0 amide bonds. The molecule has 0 spiro atoms. The van der Waals surface area contributed by atoms with E-state index in [0.717, 1.165) is 10.6 Å². The molecular formula is C10H8Cl. The number of rotatable bonds is 2. The molecule has 0 saturated carbocycles. The van der Waals surface area contributed by atoms with Crippen molar-refractivity contribution in [3.8, 4) is 0 Å². The molecule has 0 aliphatic heterocycles. The Morgan fingerprint density at radius 3 is 2.64 bits per heavy atom. The Morgan fingerprint density at radius 1 is 1.27 bits per heavy atom. The fourth-order valence-electron chi connectivity index (χ4n) is 0.769. The lowest BCUT2D eigenvalue weighted by Gasteiger charge is -1.94. The number of hydrogen-bond donors (Lipinski definition) is 0. The monoisotopic (exact) mass is 163 g/mol. The van der Waals surface area contributed by atoms with Crippen molar-refractivity contribution in [1.29, 1.82) is 0 Å². The minimum Gasteiger partial charge on any atom is -0.0837 e. The molecule has 0 N–H and O–H groups in total. The van der Waals surface area contributed by atoms with Crippen LogP contribution in [-0.2, 0) is 0 Å². The smallest absolute Gasteiger partial charge is 0.0478 e. The third-order valence-electron chi connectivity index (χ3n) is 1.29. The van der Waals surface area contributed by atoms with Crippen LogP contribution in [0.3, 0.4) is 0 Å². The van der Waals surface area contributed by atoms with Gasteiger partial charge in [-0.3, -0.25) is 0 Å². The fourth-order valence-corrected chi connectivity index (χ4v) is 0.968. The predicted octanol–water partition coefficient (Wildman–Crippen LogP) is 3.34. The summed E-state index contributed by atoms with van der Waals surface area (Å²) in [6.45, 7) is 5.17. The number of allylic oxidation sites excluding steroid dienone is 2. The van der Waals surface area contributed by atoms with Crippen LogP contribution in [0.5, 0.6) is 0 Å². The Kier molecular flexibility index (Phi) is 2.94. The first-order valence-electron chi connectivity index (χ1n) is 3.31. The summed E-state index contributed by atoms with van der Waals surface area (Å²) in [4.78, 5) is 0. The van der Waals surface area contributed by atoms with Crippen LogP contribution in [0.25, 0.3) is 6.08 Å². The molecular weight excluding hydrogens is 156 g/mol. The van der Waals surface area contributed by atoms with E-state index >= 15 is 0 Å². The highest BCUT2D eigenvalue weighted by molar-refractivity contribution is 6.32. The molecule has 1 aromatic rings. The van der Waals surface area contributed by atoms with Gasteiger partial charge in [-0.25, -0.2) is 0 Å². The summed E-state index contributed by atoms with van der Waals surface area (Å²) in [7, 11) is 0. The summed E-state index contributed by atoms with van der Waals surface area (Å²) in [6, 6.07) is 7.61. The third-order valence-corrected chi connectivity index (χ3v) is 1.64. The van der Waals surface area contributed by atoms with E-state index in [1.807, 2.05) is 30.3 Å². The van der Waals surface area contributed by atoms with Crippen LogP contribution < -0.4 is 0 Å². The van der Waals surface area contributed by atoms with Crippen LogP contribution in [0.15, 0.2) is 36.4 Å². The van der Waals surface area contributed by atoms with E-state index < -0.39 is 0 Å². The number of halogens is 1. The van der Waals surface area contributed by atoms with Gasteiger partial charge in [0.05, 0.1) is 0 Å². The second kappa shape index (κ2) is 3.99. The average Bonchev–Trinajstić information content (AvgIpc) is 2.03. The standard InChI is InChI=1S/C10H8Cl/c1-2-3-6-9-7-4-5-8-10(9)11/h1-8H/b2-1?,6-3+. The van der Waals surface area contributed by atoms with E-state index in [4.69, 9.17) is 18.2 Å². The maximum atomic E-state index is 5.85. The molecule has 0 unspecified atom stereocenters. The number of hydrogen-bond acceptors (Lipinski definition) is 0. The van der Waals surface area contributed by atoms with Crippen LogP contribution in [0.4, 0.5) is 0 Å². The predicted molar refractivity (Wildman–Crippen MR) is 49.4 cm³/mol. The summed E-state index contributed by atoms with van der Waals surface area (Å²) in [5.41, 5.74) is 0.982. The van der Waals surface area contributed by atoms with E-state index in [0.29, 0.717) is 0 Å². The van der Waals surface area contributed by atoms with Gasteiger partial charge < -0.3 is 0 Å². The largest absolute Gasteiger partial charge is 0.0837 e. The highest BCUT2D eigenvalue weighted by atomic mass is 35.5. The first kappa shape index (κ1) is 8.09. The quantitative estimate of drug-likeness (QED) is 0.587. The second-order valence-corrected chi connectivity index (χ2v) is 2.48. The van der Waals surface area contributed by atoms with E-state index in [9.17, 15) is 0 Å². The van der Waals surface area contributed by atoms with Crippen molar-refractivity contribution in [3.63, 3.8) is 0 Å². The van der Waals surface area contributed by atoms with Crippen molar-refractivity contribution >= 4 is 17.7 Å². The van der Waals surface area contributed by atoms with Gasteiger partial charge in [0.2, 0.25) is 0 Å². The van der Waals surface area contributed by atoms with Crippen molar-refractivity contribution in [3.05, 3.63) is 53.6 Å². The lowest BCUT2D eigenvalue weighted by molar-refractivity contribution is 1.66. The third kappa shape index (κ3) is 2.24. The topological polar surface area (TPSA) is 0 Å². The Morgan fingerprint density at radius 2 is 2.00 bits per heavy atom. The maximum Gasteiger partial charge on any atom is 0.0478 e. The van der Waals surface area contributed by atoms with Crippen molar-refractivity contribution in [2.45, 2.75) is 0 Å². The molecule has 0 saturated heterocycles. The normalized spacial score (nSPS) is 10.3. The lowest BCUT2D eigenvalue weighted by Crippen LogP contribution is -1.71. The zero-order valence-electron chi connectivity index (χ0n) is 6.00. The Labute approximate surface area is 71.8 Å². The van der Waals surface area contributed by atoms with Gasteiger partial charge in [0.25, 0.3) is 0 Å². The summed E-state index contributed by atoms with van der Waals surface area (Å²) in [5, 5.41) is 0.741. The first-order chi connectivity index (χ1) is 5.34. The molecule has 0 bridgehead atoms. The summed E-state index contributed by atoms with van der Waals surface area (Å²) >= 11 is 5.85. The van der Waals surface area contributed by atoms with Gasteiger partial charge in [0, 0.05) is 5.02 Å². The van der Waals surface area contributed by atoms with Crippen LogP contribution >= 0.6 is 11.6 Å². The molecule has 0 aromatic heterocycles. The van der Waals surface area contributed by atoms with Crippen LogP contribution in [0.2, 0.25) is 5.02 Å². The van der Waals surface area contributed by atoms with Gasteiger partial charge in [-0.2, -0.15) is 0 Å². The zero-order valence-corrected chi connectivity index (χ0v) is 6.75. The summed E-state index contributed by atoms with van der Waals surface area (Å²) in [6.07, 6.45) is 5.09. The molecule has 0 aliphatic rings. The van der Waals surface area contributed by atoms with Gasteiger partial charge in [-0.15, -0.1) is 0 Å². The second-order valence-electron chi connectivity index (χ2n) is 2.07. The van der Waals surface area contributed by atoms with Gasteiger partial charge in [0.15, 0.2) is 0 Å². The Balaban J connectivity index is 2.94. The Hall–Kier alpha value is -1.01. The molecule has 0 atom stereocenters. The van der Waals surface area contributed by atoms with Crippen LogP contribution in [0.1, 0.15) is 5.56 Å². The molecule has 55 valence electrons. The molecule has 0 nitrogen and oxygen atoms in total. The Bertz CT molecular complexity index is 274. The first-order valence-corrected chi connectivity index (χ1v) is 3.68. The van der Waals surface area contributed by atoms with Gasteiger partial charge in [-0.05, 0) is 11.6 Å². The molecule has 1 rings (SSSR count). The van der Waals surface area contributed by atoms with Crippen molar-refractivity contribution < 1.29 is 0 Å². The zero-order chi connectivity index (χ0) is 8.10. The van der Waals surface area contributed by atoms with Gasteiger partial charge >= 0.3 is 0 Å². The van der Waals surface area contributed by atoms with E-state index in [2.05, 4.69) is 0 Å². The lowest BCUT2D eigenvalue weighted by atomic mass is 10.2. The highest BCUT2D eigenvalue weighted by Crippen LogP contribution is 2.15.